The lowest BCUT2D eigenvalue weighted by atomic mass is 9.88. The maximum Gasteiger partial charge on any atom is 0.325 e. The van der Waals surface area contributed by atoms with E-state index in [1.807, 2.05) is 68.4 Å². The monoisotopic (exact) mass is 388 g/mol. The summed E-state index contributed by atoms with van der Waals surface area (Å²) in [5, 5.41) is 4.88. The molecule has 5 heteroatoms. The summed E-state index contributed by atoms with van der Waals surface area (Å²) in [6.45, 7) is 6.21. The third-order valence-electron chi connectivity index (χ3n) is 5.38. The average Bonchev–Trinajstić information content (AvgIpc) is 2.90. The van der Waals surface area contributed by atoms with Crippen molar-refractivity contribution in [1.82, 2.24) is 10.2 Å². The van der Waals surface area contributed by atoms with Gasteiger partial charge in [-0.2, -0.15) is 0 Å². The van der Waals surface area contributed by atoms with Gasteiger partial charge < -0.3 is 10.1 Å². The zero-order chi connectivity index (χ0) is 20.6. The number of amides is 3. The van der Waals surface area contributed by atoms with E-state index in [-0.39, 0.29) is 19.1 Å². The fourth-order valence-corrected chi connectivity index (χ4v) is 4.02. The van der Waals surface area contributed by atoms with Gasteiger partial charge in [-0.3, -0.25) is 9.69 Å². The van der Waals surface area contributed by atoms with E-state index in [1.54, 1.807) is 6.92 Å². The van der Waals surface area contributed by atoms with E-state index in [1.165, 1.54) is 4.90 Å². The normalized spacial score (nSPS) is 18.9. The van der Waals surface area contributed by atoms with Gasteiger partial charge in [0.25, 0.3) is 5.91 Å². The minimum atomic E-state index is -1.10. The fraction of sp³-hybridized carbons (Fsp3) is 0.250. The summed E-state index contributed by atoms with van der Waals surface area (Å²) in [6, 6.07) is 19.2. The van der Waals surface area contributed by atoms with E-state index < -0.39 is 11.6 Å². The Balaban J connectivity index is 1.53. The maximum absolute atomic E-state index is 13.2. The van der Waals surface area contributed by atoms with E-state index in [4.69, 9.17) is 4.74 Å². The molecule has 1 atom stereocenters. The standard InChI is InChI=1S/C24H24N2O3/c1-16-13-17(2)15-19(14-16)29-12-11-26-22(27)24(3,25-23(26)28)21-10-6-8-18-7-4-5-9-20(18)21/h4-10,13-15H,11-12H2,1-3H3,(H,25,28)/t24-/m0/s1. The molecule has 29 heavy (non-hydrogen) atoms. The van der Waals surface area contributed by atoms with Crippen LogP contribution in [0, 0.1) is 13.8 Å². The number of rotatable bonds is 5. The molecule has 1 saturated heterocycles. The SMILES string of the molecule is Cc1cc(C)cc(OCCN2C(=O)N[C@@](C)(c3cccc4ccccc34)C2=O)c1. The molecule has 1 aliphatic rings. The van der Waals surface area contributed by atoms with E-state index >= 15 is 0 Å². The highest BCUT2D eigenvalue weighted by Gasteiger charge is 2.49. The molecule has 3 aromatic carbocycles. The number of ether oxygens (including phenoxy) is 1. The highest BCUT2D eigenvalue weighted by Crippen LogP contribution is 2.33. The molecule has 0 unspecified atom stereocenters. The number of aryl methyl sites for hydroxylation is 2. The van der Waals surface area contributed by atoms with Crippen molar-refractivity contribution in [2.24, 2.45) is 0 Å². The molecule has 5 nitrogen and oxygen atoms in total. The highest BCUT2D eigenvalue weighted by molar-refractivity contribution is 6.09. The maximum atomic E-state index is 13.2. The molecule has 0 saturated carbocycles. The van der Waals surface area contributed by atoms with E-state index in [2.05, 4.69) is 11.4 Å². The molecule has 1 heterocycles. The van der Waals surface area contributed by atoms with Crippen LogP contribution in [0.4, 0.5) is 4.79 Å². The van der Waals surface area contributed by atoms with Crippen molar-refractivity contribution in [2.75, 3.05) is 13.2 Å². The van der Waals surface area contributed by atoms with Gasteiger partial charge in [-0.05, 0) is 60.4 Å². The Bertz CT molecular complexity index is 1080. The lowest BCUT2D eigenvalue weighted by molar-refractivity contribution is -0.131. The largest absolute Gasteiger partial charge is 0.492 e. The second-order valence-corrected chi connectivity index (χ2v) is 7.71. The first-order chi connectivity index (χ1) is 13.9. The molecule has 3 aromatic rings. The number of fused-ring (bicyclic) bond motifs is 1. The molecular weight excluding hydrogens is 364 g/mol. The van der Waals surface area contributed by atoms with Gasteiger partial charge >= 0.3 is 6.03 Å². The number of carbonyl (C=O) groups excluding carboxylic acids is 2. The van der Waals surface area contributed by atoms with Gasteiger partial charge in [0.1, 0.15) is 17.9 Å². The summed E-state index contributed by atoms with van der Waals surface area (Å²) in [7, 11) is 0. The Morgan fingerprint density at radius 2 is 1.66 bits per heavy atom. The third-order valence-corrected chi connectivity index (χ3v) is 5.38. The van der Waals surface area contributed by atoms with E-state index in [9.17, 15) is 9.59 Å². The first-order valence-corrected chi connectivity index (χ1v) is 9.72. The molecule has 1 aliphatic heterocycles. The van der Waals surface area contributed by atoms with Crippen LogP contribution < -0.4 is 10.1 Å². The van der Waals surface area contributed by atoms with Gasteiger partial charge in [-0.25, -0.2) is 4.79 Å². The van der Waals surface area contributed by atoms with Crippen molar-refractivity contribution < 1.29 is 14.3 Å². The molecule has 0 radical (unpaired) electrons. The predicted octanol–water partition coefficient (Wildman–Crippen LogP) is 4.30. The minimum Gasteiger partial charge on any atom is -0.492 e. The molecule has 4 rings (SSSR count). The third kappa shape index (κ3) is 3.44. The molecule has 0 aromatic heterocycles. The smallest absolute Gasteiger partial charge is 0.325 e. The second-order valence-electron chi connectivity index (χ2n) is 7.71. The summed E-state index contributed by atoms with van der Waals surface area (Å²) < 4.78 is 5.80. The minimum absolute atomic E-state index is 0.192. The Labute approximate surface area is 170 Å². The number of nitrogens with one attached hydrogen (secondary N) is 1. The van der Waals surface area contributed by atoms with Crippen LogP contribution in [-0.4, -0.2) is 30.0 Å². The van der Waals surface area contributed by atoms with Crippen LogP contribution >= 0.6 is 0 Å². The van der Waals surface area contributed by atoms with Gasteiger partial charge in [0.05, 0.1) is 6.54 Å². The molecular formula is C24H24N2O3. The topological polar surface area (TPSA) is 58.6 Å². The van der Waals surface area contributed by atoms with Gasteiger partial charge in [0, 0.05) is 0 Å². The van der Waals surface area contributed by atoms with Crippen molar-refractivity contribution >= 4 is 22.7 Å². The van der Waals surface area contributed by atoms with Gasteiger partial charge in [0.2, 0.25) is 0 Å². The molecule has 148 valence electrons. The molecule has 1 fully saturated rings. The summed E-state index contributed by atoms with van der Waals surface area (Å²) in [4.78, 5) is 27.1. The van der Waals surface area contributed by atoms with Crippen molar-refractivity contribution in [3.05, 3.63) is 77.4 Å². The number of carbonyl (C=O) groups is 2. The van der Waals surface area contributed by atoms with Crippen LogP contribution in [0.5, 0.6) is 5.75 Å². The van der Waals surface area contributed by atoms with Gasteiger partial charge in [-0.15, -0.1) is 0 Å². The molecule has 0 aliphatic carbocycles. The van der Waals surface area contributed by atoms with Crippen molar-refractivity contribution in [1.29, 1.82) is 0 Å². The zero-order valence-electron chi connectivity index (χ0n) is 16.9. The van der Waals surface area contributed by atoms with Crippen LogP contribution in [0.1, 0.15) is 23.6 Å². The Morgan fingerprint density at radius 3 is 2.41 bits per heavy atom. The highest BCUT2D eigenvalue weighted by atomic mass is 16.5. The van der Waals surface area contributed by atoms with Gasteiger partial charge in [-0.1, -0.05) is 48.5 Å². The molecule has 1 N–H and O–H groups in total. The summed E-state index contributed by atoms with van der Waals surface area (Å²) in [5.41, 5.74) is 1.92. The number of hydrogen-bond donors (Lipinski definition) is 1. The van der Waals surface area contributed by atoms with Crippen molar-refractivity contribution in [2.45, 2.75) is 26.3 Å². The van der Waals surface area contributed by atoms with E-state index in [0.29, 0.717) is 0 Å². The molecule has 0 bridgehead atoms. The fourth-order valence-electron chi connectivity index (χ4n) is 4.02. The number of imide groups is 1. The Morgan fingerprint density at radius 1 is 0.966 bits per heavy atom. The van der Waals surface area contributed by atoms with Crippen molar-refractivity contribution in [3.8, 4) is 5.75 Å². The summed E-state index contributed by atoms with van der Waals surface area (Å²) in [5.74, 6) is 0.481. The summed E-state index contributed by atoms with van der Waals surface area (Å²) in [6.07, 6.45) is 0. The predicted molar refractivity (Wildman–Crippen MR) is 113 cm³/mol. The lowest BCUT2D eigenvalue weighted by Crippen LogP contribution is -2.41. The molecule has 0 spiro atoms. The first-order valence-electron chi connectivity index (χ1n) is 9.72. The lowest BCUT2D eigenvalue weighted by Gasteiger charge is -2.24. The van der Waals surface area contributed by atoms with E-state index in [0.717, 1.165) is 33.2 Å². The number of benzene rings is 3. The van der Waals surface area contributed by atoms with Crippen molar-refractivity contribution in [3.63, 3.8) is 0 Å². The number of nitrogens with zero attached hydrogens (tertiary/aromatic N) is 1. The average molecular weight is 388 g/mol. The number of urea groups is 1. The first kappa shape index (κ1) is 19.0. The Hall–Kier alpha value is -3.34. The van der Waals surface area contributed by atoms with Crippen LogP contribution in [0.15, 0.2) is 60.7 Å². The molecule has 3 amide bonds. The van der Waals surface area contributed by atoms with Gasteiger partial charge in [0.15, 0.2) is 0 Å². The van der Waals surface area contributed by atoms with Crippen LogP contribution in [0.25, 0.3) is 10.8 Å². The van der Waals surface area contributed by atoms with Crippen LogP contribution in [0.2, 0.25) is 0 Å². The summed E-state index contributed by atoms with van der Waals surface area (Å²) >= 11 is 0. The zero-order valence-corrected chi connectivity index (χ0v) is 16.9. The Kier molecular flexibility index (Phi) is 4.74. The van der Waals surface area contributed by atoms with Crippen LogP contribution in [-0.2, 0) is 10.3 Å². The van der Waals surface area contributed by atoms with Crippen LogP contribution in [0.3, 0.4) is 0 Å². The number of hydrogen-bond acceptors (Lipinski definition) is 3. The quantitative estimate of drug-likeness (QED) is 0.663. The second kappa shape index (κ2) is 7.24.